The predicted molar refractivity (Wildman–Crippen MR) is 204 cm³/mol. The van der Waals surface area contributed by atoms with Crippen LogP contribution < -0.4 is 0 Å². The summed E-state index contributed by atoms with van der Waals surface area (Å²) in [6.07, 6.45) is 0. The maximum Gasteiger partial charge on any atom is 0.164 e. The van der Waals surface area contributed by atoms with Crippen LogP contribution in [0.5, 0.6) is 0 Å². The van der Waals surface area contributed by atoms with E-state index in [9.17, 15) is 0 Å². The first-order valence-corrected chi connectivity index (χ1v) is 16.9. The molecule has 0 fully saturated rings. The van der Waals surface area contributed by atoms with E-state index in [2.05, 4.69) is 147 Å². The Hall–Kier alpha value is -6.19. The summed E-state index contributed by atoms with van der Waals surface area (Å²) < 4.78 is 0. The summed E-state index contributed by atoms with van der Waals surface area (Å²) in [5.41, 5.74) is 8.04. The third kappa shape index (κ3) is 4.25. The van der Waals surface area contributed by atoms with Gasteiger partial charge in [-0.3, -0.25) is 0 Å². The molecule has 8 aromatic carbocycles. The average Bonchev–Trinajstić information content (AvgIpc) is 3.39. The Morgan fingerprint density at radius 2 is 0.857 bits per heavy atom. The first kappa shape index (κ1) is 27.9. The van der Waals surface area contributed by atoms with Crippen molar-refractivity contribution >= 4 is 43.1 Å². The van der Waals surface area contributed by atoms with Gasteiger partial charge in [-0.15, -0.1) is 0 Å². The zero-order chi connectivity index (χ0) is 32.7. The molecule has 0 unspecified atom stereocenters. The van der Waals surface area contributed by atoms with Crippen LogP contribution in [0.15, 0.2) is 152 Å². The van der Waals surface area contributed by atoms with Crippen molar-refractivity contribution in [3.63, 3.8) is 0 Å². The summed E-state index contributed by atoms with van der Waals surface area (Å²) >= 11 is 0. The standard InChI is InChI=1S/C46H31N3/c1-46(2)41-15-9-8-14-38(41)39-23-20-32(27-42(39)46)45-48-43(30-11-4-3-5-12-30)47-44(49-45)31-17-16-29-19-22-36-35-21-18-28-10-6-7-13-33(28)34(35)24-25-37(36)40(29)26-31/h3-27H,1-2H3. The quantitative estimate of drug-likeness (QED) is 0.183. The van der Waals surface area contributed by atoms with E-state index in [1.54, 1.807) is 0 Å². The number of hydrogen-bond acceptors (Lipinski definition) is 3. The van der Waals surface area contributed by atoms with E-state index in [4.69, 9.17) is 15.0 Å². The maximum absolute atomic E-state index is 5.17. The minimum Gasteiger partial charge on any atom is -0.208 e. The van der Waals surface area contributed by atoms with Crippen LogP contribution in [0.2, 0.25) is 0 Å². The van der Waals surface area contributed by atoms with Gasteiger partial charge in [-0.25, -0.2) is 15.0 Å². The summed E-state index contributed by atoms with van der Waals surface area (Å²) in [4.78, 5) is 15.3. The summed E-state index contributed by atoms with van der Waals surface area (Å²) in [5.74, 6) is 2.01. The lowest BCUT2D eigenvalue weighted by Gasteiger charge is -2.21. The fourth-order valence-corrected chi connectivity index (χ4v) is 7.97. The Labute approximate surface area is 284 Å². The van der Waals surface area contributed by atoms with Gasteiger partial charge in [-0.2, -0.15) is 0 Å². The fraction of sp³-hybridized carbons (Fsp3) is 0.0652. The van der Waals surface area contributed by atoms with Gasteiger partial charge in [0, 0.05) is 22.1 Å². The molecule has 230 valence electrons. The van der Waals surface area contributed by atoms with Crippen molar-refractivity contribution in [2.45, 2.75) is 19.3 Å². The molecule has 1 heterocycles. The molecule has 49 heavy (non-hydrogen) atoms. The lowest BCUT2D eigenvalue weighted by atomic mass is 9.82. The smallest absolute Gasteiger partial charge is 0.164 e. The van der Waals surface area contributed by atoms with E-state index in [0.29, 0.717) is 17.5 Å². The summed E-state index contributed by atoms with van der Waals surface area (Å²) in [6, 6.07) is 54.3. The number of nitrogens with zero attached hydrogens (tertiary/aromatic N) is 3. The molecule has 1 aromatic heterocycles. The molecule has 0 aliphatic heterocycles. The van der Waals surface area contributed by atoms with Crippen LogP contribution in [-0.4, -0.2) is 15.0 Å². The third-order valence-electron chi connectivity index (χ3n) is 10.5. The summed E-state index contributed by atoms with van der Waals surface area (Å²) in [7, 11) is 0. The molecule has 0 radical (unpaired) electrons. The molecule has 1 aliphatic carbocycles. The predicted octanol–water partition coefficient (Wildman–Crippen LogP) is 11.8. The van der Waals surface area contributed by atoms with Crippen LogP contribution >= 0.6 is 0 Å². The molecule has 0 saturated heterocycles. The number of aromatic nitrogens is 3. The molecule has 0 saturated carbocycles. The molecular weight excluding hydrogens is 595 g/mol. The second kappa shape index (κ2) is 10.4. The van der Waals surface area contributed by atoms with Gasteiger partial charge >= 0.3 is 0 Å². The molecule has 0 bridgehead atoms. The van der Waals surface area contributed by atoms with Crippen molar-refractivity contribution in [1.29, 1.82) is 0 Å². The summed E-state index contributed by atoms with van der Waals surface area (Å²) in [6.45, 7) is 4.61. The lowest BCUT2D eigenvalue weighted by molar-refractivity contribution is 0.660. The molecular formula is C46H31N3. The van der Waals surface area contributed by atoms with Crippen molar-refractivity contribution in [2.75, 3.05) is 0 Å². The normalized spacial score (nSPS) is 13.3. The topological polar surface area (TPSA) is 38.7 Å². The Morgan fingerprint density at radius 1 is 0.347 bits per heavy atom. The van der Waals surface area contributed by atoms with E-state index in [-0.39, 0.29) is 5.41 Å². The fourth-order valence-electron chi connectivity index (χ4n) is 7.97. The second-order valence-corrected chi connectivity index (χ2v) is 13.6. The Balaban J connectivity index is 1.16. The lowest BCUT2D eigenvalue weighted by Crippen LogP contribution is -2.15. The molecule has 0 atom stereocenters. The molecule has 9 aromatic rings. The molecule has 3 nitrogen and oxygen atoms in total. The van der Waals surface area contributed by atoms with Crippen molar-refractivity contribution in [3.8, 4) is 45.3 Å². The Kier molecular flexibility index (Phi) is 5.92. The molecule has 3 heteroatoms. The Morgan fingerprint density at radius 3 is 1.63 bits per heavy atom. The molecule has 0 amide bonds. The maximum atomic E-state index is 5.17. The van der Waals surface area contributed by atoms with E-state index >= 15 is 0 Å². The first-order valence-electron chi connectivity index (χ1n) is 16.9. The van der Waals surface area contributed by atoms with Gasteiger partial charge in [0.15, 0.2) is 17.5 Å². The number of benzene rings is 8. The molecule has 1 aliphatic rings. The Bertz CT molecular complexity index is 2800. The first-order chi connectivity index (χ1) is 24.0. The van der Waals surface area contributed by atoms with Gasteiger partial charge in [0.05, 0.1) is 0 Å². The van der Waals surface area contributed by atoms with Crippen molar-refractivity contribution in [3.05, 3.63) is 163 Å². The summed E-state index contributed by atoms with van der Waals surface area (Å²) in [5, 5.41) is 9.92. The van der Waals surface area contributed by atoms with Crippen LogP contribution in [0.4, 0.5) is 0 Å². The monoisotopic (exact) mass is 625 g/mol. The van der Waals surface area contributed by atoms with Gasteiger partial charge in [0.2, 0.25) is 0 Å². The van der Waals surface area contributed by atoms with Gasteiger partial charge in [-0.1, -0.05) is 153 Å². The van der Waals surface area contributed by atoms with E-state index < -0.39 is 0 Å². The highest BCUT2D eigenvalue weighted by Gasteiger charge is 2.35. The van der Waals surface area contributed by atoms with Gasteiger partial charge in [-0.05, 0) is 77.5 Å². The largest absolute Gasteiger partial charge is 0.208 e. The number of fused-ring (bicyclic) bond motifs is 10. The molecule has 10 rings (SSSR count). The van der Waals surface area contributed by atoms with Crippen molar-refractivity contribution in [1.82, 2.24) is 15.0 Å². The van der Waals surface area contributed by atoms with E-state index in [1.165, 1.54) is 65.3 Å². The molecule has 0 spiro atoms. The molecule has 0 N–H and O–H groups in total. The van der Waals surface area contributed by atoms with Crippen molar-refractivity contribution < 1.29 is 0 Å². The highest BCUT2D eigenvalue weighted by atomic mass is 15.0. The number of hydrogen-bond donors (Lipinski definition) is 0. The van der Waals surface area contributed by atoms with Gasteiger partial charge in [0.25, 0.3) is 0 Å². The van der Waals surface area contributed by atoms with Crippen molar-refractivity contribution in [2.24, 2.45) is 0 Å². The van der Waals surface area contributed by atoms with Gasteiger partial charge in [0.1, 0.15) is 0 Å². The number of rotatable bonds is 3. The van der Waals surface area contributed by atoms with E-state index in [1.807, 2.05) is 18.2 Å². The zero-order valence-electron chi connectivity index (χ0n) is 27.3. The van der Waals surface area contributed by atoms with Crippen LogP contribution in [0, 0.1) is 0 Å². The SMILES string of the molecule is CC1(C)c2ccccc2-c2ccc(-c3nc(-c4ccccc4)nc(-c4ccc5ccc6c(ccc7c8ccccc8ccc76)c5c4)n3)cc21. The van der Waals surface area contributed by atoms with Crippen LogP contribution in [-0.2, 0) is 5.41 Å². The van der Waals surface area contributed by atoms with E-state index in [0.717, 1.165) is 16.7 Å². The van der Waals surface area contributed by atoms with Crippen LogP contribution in [0.3, 0.4) is 0 Å². The average molecular weight is 626 g/mol. The van der Waals surface area contributed by atoms with Crippen LogP contribution in [0.25, 0.3) is 88.4 Å². The zero-order valence-corrected chi connectivity index (χ0v) is 27.3. The highest BCUT2D eigenvalue weighted by Crippen LogP contribution is 2.49. The third-order valence-corrected chi connectivity index (χ3v) is 10.5. The van der Waals surface area contributed by atoms with Gasteiger partial charge < -0.3 is 0 Å². The van der Waals surface area contributed by atoms with Crippen LogP contribution in [0.1, 0.15) is 25.0 Å². The minimum atomic E-state index is -0.115. The second-order valence-electron chi connectivity index (χ2n) is 13.6. The highest BCUT2D eigenvalue weighted by molar-refractivity contribution is 6.22. The minimum absolute atomic E-state index is 0.115.